The number of nitrogens with zero attached hydrogens (tertiary/aromatic N) is 2. The lowest BCUT2D eigenvalue weighted by atomic mass is 10.2. The highest BCUT2D eigenvalue weighted by molar-refractivity contribution is 5.96. The minimum atomic E-state index is -0.511. The minimum Gasteiger partial charge on any atom is -0.376 e. The van der Waals surface area contributed by atoms with Crippen LogP contribution in [0.5, 0.6) is 0 Å². The quantitative estimate of drug-likeness (QED) is 0.883. The van der Waals surface area contributed by atoms with E-state index in [0.717, 1.165) is 36.0 Å². The van der Waals surface area contributed by atoms with Crippen LogP contribution in [-0.4, -0.2) is 41.1 Å². The van der Waals surface area contributed by atoms with Crippen molar-refractivity contribution in [2.45, 2.75) is 51.9 Å². The average molecular weight is 331 g/mol. The molecule has 2 heterocycles. The van der Waals surface area contributed by atoms with Crippen LogP contribution in [0, 0.1) is 0 Å². The number of hydrogen-bond donors (Lipinski definition) is 1. The molecule has 0 saturated carbocycles. The number of amides is 1. The first-order chi connectivity index (χ1) is 11.5. The maximum atomic E-state index is 12.3. The summed E-state index contributed by atoms with van der Waals surface area (Å²) in [6.45, 7) is 7.19. The van der Waals surface area contributed by atoms with Gasteiger partial charge >= 0.3 is 0 Å². The highest BCUT2D eigenvalue weighted by Gasteiger charge is 2.20. The summed E-state index contributed by atoms with van der Waals surface area (Å²) in [4.78, 5) is 12.3. The number of rotatable bonds is 6. The van der Waals surface area contributed by atoms with E-state index < -0.39 is 6.10 Å². The van der Waals surface area contributed by atoms with Gasteiger partial charge in [-0.15, -0.1) is 0 Å². The molecule has 130 valence electrons. The molecular weight excluding hydrogens is 306 g/mol. The number of ether oxygens (including phenoxy) is 2. The van der Waals surface area contributed by atoms with Crippen molar-refractivity contribution in [2.24, 2.45) is 0 Å². The molecule has 24 heavy (non-hydrogen) atoms. The zero-order chi connectivity index (χ0) is 17.1. The summed E-state index contributed by atoms with van der Waals surface area (Å²) in [5.74, 6) is -0.149. The van der Waals surface area contributed by atoms with E-state index in [1.807, 2.05) is 29.1 Å². The van der Waals surface area contributed by atoms with Crippen molar-refractivity contribution >= 4 is 22.5 Å². The highest BCUT2D eigenvalue weighted by Crippen LogP contribution is 2.20. The molecule has 0 unspecified atom stereocenters. The highest BCUT2D eigenvalue weighted by atomic mass is 16.5. The molecule has 1 amide bonds. The van der Waals surface area contributed by atoms with Gasteiger partial charge in [-0.2, -0.15) is 5.10 Å². The van der Waals surface area contributed by atoms with Gasteiger partial charge in [-0.1, -0.05) is 0 Å². The number of nitrogens with one attached hydrogen (secondary N) is 1. The van der Waals surface area contributed by atoms with Crippen LogP contribution in [0.1, 0.15) is 39.7 Å². The van der Waals surface area contributed by atoms with Crippen LogP contribution in [-0.2, 0) is 14.3 Å². The molecule has 1 aliphatic heterocycles. The van der Waals surface area contributed by atoms with Crippen LogP contribution in [0.4, 0.5) is 5.69 Å². The van der Waals surface area contributed by atoms with Gasteiger partial charge in [-0.25, -0.2) is 0 Å². The topological polar surface area (TPSA) is 65.4 Å². The van der Waals surface area contributed by atoms with E-state index in [2.05, 4.69) is 24.3 Å². The van der Waals surface area contributed by atoms with Crippen LogP contribution in [0.2, 0.25) is 0 Å². The molecular formula is C18H25N3O3. The Hall–Kier alpha value is -1.92. The lowest BCUT2D eigenvalue weighted by molar-refractivity contribution is -0.128. The van der Waals surface area contributed by atoms with Gasteiger partial charge in [-0.05, 0) is 51.8 Å². The molecule has 6 heteroatoms. The largest absolute Gasteiger partial charge is 0.376 e. The summed E-state index contributed by atoms with van der Waals surface area (Å²) in [7, 11) is 0. The molecule has 1 aliphatic rings. The molecule has 1 aromatic carbocycles. The molecule has 1 aromatic heterocycles. The summed E-state index contributed by atoms with van der Waals surface area (Å²) in [5, 5.41) is 8.42. The second-order valence-corrected chi connectivity index (χ2v) is 6.58. The van der Waals surface area contributed by atoms with Crippen LogP contribution in [0.15, 0.2) is 24.4 Å². The first-order valence-corrected chi connectivity index (χ1v) is 8.56. The number of hydrogen-bond acceptors (Lipinski definition) is 4. The summed E-state index contributed by atoms with van der Waals surface area (Å²) in [6.07, 6.45) is 3.68. The fourth-order valence-electron chi connectivity index (χ4n) is 2.73. The summed E-state index contributed by atoms with van der Waals surface area (Å²) in [6, 6.07) is 6.03. The predicted octanol–water partition coefficient (Wildman–Crippen LogP) is 3.14. The van der Waals surface area contributed by atoms with Crippen LogP contribution < -0.4 is 5.32 Å². The van der Waals surface area contributed by atoms with E-state index in [0.29, 0.717) is 12.6 Å². The molecule has 2 atom stereocenters. The Morgan fingerprint density at radius 3 is 3.00 bits per heavy atom. The van der Waals surface area contributed by atoms with Crippen molar-refractivity contribution in [2.75, 3.05) is 18.5 Å². The molecule has 3 rings (SSSR count). The Labute approximate surface area is 142 Å². The first kappa shape index (κ1) is 16.9. The molecule has 6 nitrogen and oxygen atoms in total. The van der Waals surface area contributed by atoms with E-state index in [1.54, 1.807) is 6.92 Å². The average Bonchev–Trinajstić information content (AvgIpc) is 3.21. The van der Waals surface area contributed by atoms with Gasteiger partial charge in [0.25, 0.3) is 5.91 Å². The zero-order valence-corrected chi connectivity index (χ0v) is 14.5. The van der Waals surface area contributed by atoms with Crippen molar-refractivity contribution in [3.8, 4) is 0 Å². The van der Waals surface area contributed by atoms with Crippen molar-refractivity contribution in [1.82, 2.24) is 9.78 Å². The summed E-state index contributed by atoms with van der Waals surface area (Å²) >= 11 is 0. The van der Waals surface area contributed by atoms with Crippen molar-refractivity contribution in [3.05, 3.63) is 24.4 Å². The monoisotopic (exact) mass is 331 g/mol. The number of benzene rings is 1. The number of aromatic nitrogens is 2. The normalized spacial score (nSPS) is 19.1. The number of carbonyl (C=O) groups is 1. The Morgan fingerprint density at radius 2 is 2.29 bits per heavy atom. The molecule has 0 aliphatic carbocycles. The fourth-order valence-corrected chi connectivity index (χ4v) is 2.73. The van der Waals surface area contributed by atoms with Gasteiger partial charge in [0.2, 0.25) is 0 Å². The maximum Gasteiger partial charge on any atom is 0.253 e. The number of carbonyl (C=O) groups excluding carboxylic acids is 1. The van der Waals surface area contributed by atoms with Crippen molar-refractivity contribution in [3.63, 3.8) is 0 Å². The van der Waals surface area contributed by atoms with Crippen LogP contribution >= 0.6 is 0 Å². The molecule has 0 bridgehead atoms. The maximum absolute atomic E-state index is 12.3. The van der Waals surface area contributed by atoms with Crippen molar-refractivity contribution < 1.29 is 14.3 Å². The second-order valence-electron chi connectivity index (χ2n) is 6.58. The molecule has 2 aromatic rings. The third-order valence-corrected chi connectivity index (χ3v) is 4.24. The van der Waals surface area contributed by atoms with E-state index in [1.165, 1.54) is 0 Å². The van der Waals surface area contributed by atoms with E-state index in [-0.39, 0.29) is 12.0 Å². The van der Waals surface area contributed by atoms with Crippen molar-refractivity contribution in [1.29, 1.82) is 0 Å². The lowest BCUT2D eigenvalue weighted by Gasteiger charge is -2.16. The fraction of sp³-hybridized carbons (Fsp3) is 0.556. The summed E-state index contributed by atoms with van der Waals surface area (Å²) < 4.78 is 13.1. The third-order valence-electron chi connectivity index (χ3n) is 4.24. The first-order valence-electron chi connectivity index (χ1n) is 8.56. The van der Waals surface area contributed by atoms with Crippen LogP contribution in [0.25, 0.3) is 10.9 Å². The number of fused-ring (bicyclic) bond motifs is 1. The van der Waals surface area contributed by atoms with Crippen LogP contribution in [0.3, 0.4) is 0 Å². The lowest BCUT2D eigenvalue weighted by Crippen LogP contribution is -2.30. The summed E-state index contributed by atoms with van der Waals surface area (Å²) in [5.41, 5.74) is 1.67. The Morgan fingerprint density at radius 1 is 1.46 bits per heavy atom. The molecule has 1 N–H and O–H groups in total. The predicted molar refractivity (Wildman–Crippen MR) is 93.1 cm³/mol. The van der Waals surface area contributed by atoms with Gasteiger partial charge in [0.05, 0.1) is 18.2 Å². The molecule has 1 saturated heterocycles. The molecule has 0 spiro atoms. The molecule has 1 fully saturated rings. The second kappa shape index (κ2) is 7.32. The Bertz CT molecular complexity index is 705. The van der Waals surface area contributed by atoms with Gasteiger partial charge in [0, 0.05) is 29.9 Å². The molecule has 0 radical (unpaired) electrons. The third kappa shape index (κ3) is 3.94. The van der Waals surface area contributed by atoms with Gasteiger partial charge in [-0.3, -0.25) is 9.48 Å². The Balaban J connectivity index is 1.59. The van der Waals surface area contributed by atoms with E-state index >= 15 is 0 Å². The number of anilines is 1. The zero-order valence-electron chi connectivity index (χ0n) is 14.5. The van der Waals surface area contributed by atoms with E-state index in [4.69, 9.17) is 9.47 Å². The van der Waals surface area contributed by atoms with Gasteiger partial charge in [0.15, 0.2) is 0 Å². The standard InChI is InChI=1S/C18H25N3O3/c1-12(2)21-10-14-9-15(6-7-17(14)20-21)19-18(22)13(3)24-11-16-5-4-8-23-16/h6-7,9-10,12-13,16H,4-5,8,11H2,1-3H3,(H,19,22)/t13-,16-/m0/s1. The SMILES string of the molecule is CC(C)n1cc2cc(NC(=O)[C@H](C)OC[C@@H]3CCCO3)ccc2n1. The van der Waals surface area contributed by atoms with Gasteiger partial charge in [0.1, 0.15) is 6.10 Å². The van der Waals surface area contributed by atoms with E-state index in [9.17, 15) is 4.79 Å². The minimum absolute atomic E-state index is 0.124. The van der Waals surface area contributed by atoms with Gasteiger partial charge < -0.3 is 14.8 Å². The Kier molecular flexibility index (Phi) is 5.16. The smallest absolute Gasteiger partial charge is 0.253 e.